The van der Waals surface area contributed by atoms with Crippen LogP contribution < -0.4 is 15.0 Å². The molecule has 152 valence electrons. The van der Waals surface area contributed by atoms with Crippen LogP contribution in [0.1, 0.15) is 61.0 Å². The number of hydrogen-bond acceptors (Lipinski definition) is 6. The molecule has 1 N–H and O–H groups in total. The minimum absolute atomic E-state index is 0.0996. The molecule has 1 aromatic heterocycles. The number of aromatic nitrogens is 2. The Bertz CT molecular complexity index is 767. The lowest BCUT2D eigenvalue weighted by Crippen LogP contribution is -2.43. The molecule has 28 heavy (non-hydrogen) atoms. The van der Waals surface area contributed by atoms with Gasteiger partial charge in [0.2, 0.25) is 0 Å². The lowest BCUT2D eigenvalue weighted by atomic mass is 9.95. The van der Waals surface area contributed by atoms with E-state index in [1.807, 2.05) is 0 Å². The third-order valence-electron chi connectivity index (χ3n) is 6.72. The smallest absolute Gasteiger partial charge is 0.318 e. The first-order valence-corrected chi connectivity index (χ1v) is 10.6. The number of fused-ring (bicyclic) bond motifs is 2. The van der Waals surface area contributed by atoms with Crippen LogP contribution in [0.2, 0.25) is 0 Å². The molecule has 3 fully saturated rings. The van der Waals surface area contributed by atoms with Gasteiger partial charge in [0.25, 0.3) is 5.91 Å². The summed E-state index contributed by atoms with van der Waals surface area (Å²) < 4.78 is 20.1. The van der Waals surface area contributed by atoms with Crippen molar-refractivity contribution >= 4 is 11.7 Å². The highest BCUT2D eigenvalue weighted by atomic mass is 19.1. The Kier molecular flexibility index (Phi) is 4.61. The summed E-state index contributed by atoms with van der Waals surface area (Å²) >= 11 is 0. The van der Waals surface area contributed by atoms with Crippen molar-refractivity contribution in [3.63, 3.8) is 0 Å². The molecule has 3 saturated heterocycles. The SMILES string of the molecule is O=C1NCc2nc(OC[C@@]34CCCN3C[C@H](F)C4)nc(N3CCCCCC3)c21. The highest BCUT2D eigenvalue weighted by molar-refractivity contribution is 6.02. The topological polar surface area (TPSA) is 70.6 Å². The summed E-state index contributed by atoms with van der Waals surface area (Å²) in [7, 11) is 0. The van der Waals surface area contributed by atoms with Crippen molar-refractivity contribution in [3.8, 4) is 6.01 Å². The third-order valence-corrected chi connectivity index (χ3v) is 6.72. The summed E-state index contributed by atoms with van der Waals surface area (Å²) in [5, 5.41) is 2.86. The number of hydrogen-bond donors (Lipinski definition) is 1. The van der Waals surface area contributed by atoms with Crippen LogP contribution in [0, 0.1) is 0 Å². The van der Waals surface area contributed by atoms with Gasteiger partial charge in [0.05, 0.1) is 17.8 Å². The Hall–Kier alpha value is -1.96. The van der Waals surface area contributed by atoms with E-state index in [-0.39, 0.29) is 11.4 Å². The molecule has 5 heterocycles. The Morgan fingerprint density at radius 1 is 1.14 bits per heavy atom. The van der Waals surface area contributed by atoms with E-state index in [9.17, 15) is 9.18 Å². The van der Waals surface area contributed by atoms with Crippen molar-refractivity contribution in [2.75, 3.05) is 37.7 Å². The highest BCUT2D eigenvalue weighted by Crippen LogP contribution is 2.40. The molecule has 7 nitrogen and oxygen atoms in total. The number of anilines is 1. The van der Waals surface area contributed by atoms with Crippen LogP contribution in [-0.4, -0.2) is 65.3 Å². The molecule has 8 heteroatoms. The third kappa shape index (κ3) is 3.11. The molecule has 0 aromatic carbocycles. The van der Waals surface area contributed by atoms with Crippen molar-refractivity contribution in [3.05, 3.63) is 11.3 Å². The van der Waals surface area contributed by atoms with Crippen molar-refractivity contribution in [2.24, 2.45) is 0 Å². The summed E-state index contributed by atoms with van der Waals surface area (Å²) in [6.07, 6.45) is 6.41. The molecule has 1 aromatic rings. The Morgan fingerprint density at radius 3 is 2.79 bits per heavy atom. The number of alkyl halides is 1. The number of nitrogens with zero attached hydrogens (tertiary/aromatic N) is 4. The van der Waals surface area contributed by atoms with Crippen molar-refractivity contribution in [1.82, 2.24) is 20.2 Å². The molecule has 0 spiro atoms. The summed E-state index contributed by atoms with van der Waals surface area (Å²) in [6.45, 7) is 4.07. The molecule has 0 unspecified atom stereocenters. The Balaban J connectivity index is 1.41. The van der Waals surface area contributed by atoms with Gasteiger partial charge in [-0.3, -0.25) is 9.69 Å². The van der Waals surface area contributed by atoms with Gasteiger partial charge in [0.1, 0.15) is 24.2 Å². The first-order chi connectivity index (χ1) is 13.6. The average Bonchev–Trinajstić information content (AvgIpc) is 3.23. The van der Waals surface area contributed by atoms with Gasteiger partial charge in [0, 0.05) is 26.1 Å². The first kappa shape index (κ1) is 18.1. The van der Waals surface area contributed by atoms with Gasteiger partial charge >= 0.3 is 6.01 Å². The van der Waals surface area contributed by atoms with E-state index in [4.69, 9.17) is 4.74 Å². The Morgan fingerprint density at radius 2 is 1.96 bits per heavy atom. The molecule has 4 aliphatic heterocycles. The fourth-order valence-corrected chi connectivity index (χ4v) is 5.31. The molecule has 4 aliphatic rings. The van der Waals surface area contributed by atoms with Gasteiger partial charge in [-0.25, -0.2) is 4.39 Å². The second kappa shape index (κ2) is 7.13. The van der Waals surface area contributed by atoms with E-state index in [2.05, 4.69) is 25.1 Å². The highest BCUT2D eigenvalue weighted by Gasteiger charge is 2.49. The van der Waals surface area contributed by atoms with Crippen molar-refractivity contribution < 1.29 is 13.9 Å². The second-order valence-corrected chi connectivity index (χ2v) is 8.60. The predicted octanol–water partition coefficient (Wildman–Crippen LogP) is 2.06. The maximum atomic E-state index is 14.0. The maximum absolute atomic E-state index is 14.0. The second-order valence-electron chi connectivity index (χ2n) is 8.60. The minimum Gasteiger partial charge on any atom is -0.461 e. The molecule has 0 radical (unpaired) electrons. The van der Waals surface area contributed by atoms with Crippen LogP contribution in [-0.2, 0) is 6.54 Å². The zero-order chi connectivity index (χ0) is 19.1. The number of rotatable bonds is 4. The zero-order valence-corrected chi connectivity index (χ0v) is 16.3. The predicted molar refractivity (Wildman–Crippen MR) is 102 cm³/mol. The van der Waals surface area contributed by atoms with Gasteiger partial charge in [-0.1, -0.05) is 12.8 Å². The van der Waals surface area contributed by atoms with Crippen molar-refractivity contribution in [2.45, 2.75) is 63.2 Å². The van der Waals surface area contributed by atoms with Crippen LogP contribution in [0.15, 0.2) is 0 Å². The van der Waals surface area contributed by atoms with Gasteiger partial charge in [0.15, 0.2) is 0 Å². The number of carbonyl (C=O) groups is 1. The Labute approximate surface area is 164 Å². The maximum Gasteiger partial charge on any atom is 0.318 e. The summed E-state index contributed by atoms with van der Waals surface area (Å²) in [5.74, 6) is 0.602. The summed E-state index contributed by atoms with van der Waals surface area (Å²) in [6, 6.07) is 0.318. The minimum atomic E-state index is -0.778. The van der Waals surface area contributed by atoms with Crippen LogP contribution in [0.25, 0.3) is 0 Å². The molecular formula is C20H28FN5O2. The van der Waals surface area contributed by atoms with Crippen molar-refractivity contribution in [1.29, 1.82) is 0 Å². The lowest BCUT2D eigenvalue weighted by molar-refractivity contribution is 0.0965. The zero-order valence-electron chi connectivity index (χ0n) is 16.3. The van der Waals surface area contributed by atoms with Gasteiger partial charge in [-0.05, 0) is 32.2 Å². The van der Waals surface area contributed by atoms with E-state index in [0.717, 1.165) is 45.3 Å². The van der Waals surface area contributed by atoms with E-state index >= 15 is 0 Å². The average molecular weight is 389 g/mol. The molecule has 5 rings (SSSR count). The standard InChI is InChI=1S/C20H28FN5O2/c21-14-10-20(6-5-9-26(20)12-14)13-28-19-23-15-11-22-18(27)16(15)17(24-19)25-7-3-1-2-4-8-25/h14H,1-13H2,(H,22,27)/t14-,20+/m1/s1. The summed E-state index contributed by atoms with van der Waals surface area (Å²) in [5.41, 5.74) is 1.09. The van der Waals surface area contributed by atoms with Gasteiger partial charge in [-0.15, -0.1) is 0 Å². The molecular weight excluding hydrogens is 361 g/mol. The number of halogens is 1. The van der Waals surface area contributed by atoms with Crippen LogP contribution in [0.3, 0.4) is 0 Å². The molecule has 0 bridgehead atoms. The monoisotopic (exact) mass is 389 g/mol. The van der Waals surface area contributed by atoms with Crippen LogP contribution >= 0.6 is 0 Å². The molecule has 2 atom stereocenters. The molecule has 0 aliphatic carbocycles. The van der Waals surface area contributed by atoms with E-state index < -0.39 is 6.17 Å². The van der Waals surface area contributed by atoms with Gasteiger partial charge in [-0.2, -0.15) is 9.97 Å². The number of ether oxygens (including phenoxy) is 1. The number of nitrogens with one attached hydrogen (secondary N) is 1. The van der Waals surface area contributed by atoms with Crippen LogP contribution in [0.4, 0.5) is 10.2 Å². The number of amides is 1. The normalized spacial score (nSPS) is 30.1. The van der Waals surface area contributed by atoms with E-state index in [1.54, 1.807) is 0 Å². The van der Waals surface area contributed by atoms with Gasteiger partial charge < -0.3 is 15.0 Å². The largest absolute Gasteiger partial charge is 0.461 e. The summed E-state index contributed by atoms with van der Waals surface area (Å²) in [4.78, 5) is 26.0. The fraction of sp³-hybridized carbons (Fsp3) is 0.750. The molecule has 1 amide bonds. The van der Waals surface area contributed by atoms with E-state index in [1.165, 1.54) is 12.8 Å². The number of carbonyl (C=O) groups excluding carboxylic acids is 1. The lowest BCUT2D eigenvalue weighted by Gasteiger charge is -2.31. The van der Waals surface area contributed by atoms with Crippen LogP contribution in [0.5, 0.6) is 6.01 Å². The molecule has 0 saturated carbocycles. The van der Waals surface area contributed by atoms with E-state index in [0.29, 0.717) is 49.2 Å². The first-order valence-electron chi connectivity index (χ1n) is 10.6. The quantitative estimate of drug-likeness (QED) is 0.850. The fourth-order valence-electron chi connectivity index (χ4n) is 5.31.